The Morgan fingerprint density at radius 3 is 2.78 bits per heavy atom. The topological polar surface area (TPSA) is 103 Å². The molecule has 1 saturated heterocycles. The Labute approximate surface area is 215 Å². The molecule has 3 aromatic rings. The zero-order chi connectivity index (χ0) is 25.5. The Bertz CT molecular complexity index is 1230. The molecule has 1 atom stereocenters. The van der Waals surface area contributed by atoms with Crippen LogP contribution in [0.2, 0.25) is 0 Å². The predicted molar refractivity (Wildman–Crippen MR) is 140 cm³/mol. The van der Waals surface area contributed by atoms with Crippen LogP contribution >= 0.6 is 11.3 Å². The number of carboxylic acids is 1. The smallest absolute Gasteiger partial charge is 0.303 e. The highest BCUT2D eigenvalue weighted by molar-refractivity contribution is 7.10. The number of methoxy groups -OCH3 is 1. The number of fused-ring (bicyclic) bond motifs is 1. The molecule has 0 spiro atoms. The van der Waals surface area contributed by atoms with Crippen molar-refractivity contribution in [3.05, 3.63) is 57.9 Å². The second-order valence-corrected chi connectivity index (χ2v) is 10.4. The molecule has 3 N–H and O–H groups in total. The summed E-state index contributed by atoms with van der Waals surface area (Å²) in [5.41, 5.74) is 1.52. The zero-order valence-electron chi connectivity index (χ0n) is 20.4. The first-order valence-electron chi connectivity index (χ1n) is 12.1. The van der Waals surface area contributed by atoms with Gasteiger partial charge in [0.25, 0.3) is 0 Å². The van der Waals surface area contributed by atoms with Crippen LogP contribution in [0.3, 0.4) is 0 Å². The van der Waals surface area contributed by atoms with Crippen LogP contribution in [-0.2, 0) is 11.4 Å². The average Bonchev–Trinajstić information content (AvgIpc) is 3.40. The van der Waals surface area contributed by atoms with E-state index < -0.39 is 12.1 Å². The van der Waals surface area contributed by atoms with Crippen LogP contribution in [-0.4, -0.2) is 57.9 Å². The number of rotatable bonds is 9. The number of likely N-dealkylation sites (tertiary alicyclic amines) is 1. The van der Waals surface area contributed by atoms with E-state index in [4.69, 9.17) is 4.74 Å². The van der Waals surface area contributed by atoms with Crippen molar-refractivity contribution in [3.63, 3.8) is 0 Å². The molecule has 3 heterocycles. The van der Waals surface area contributed by atoms with E-state index in [1.165, 1.54) is 0 Å². The number of aliphatic hydroxyl groups excluding tert-OH is 2. The van der Waals surface area contributed by atoms with Gasteiger partial charge in [0.05, 0.1) is 43.2 Å². The number of pyridine rings is 1. The van der Waals surface area contributed by atoms with Crippen LogP contribution in [0.15, 0.2) is 41.9 Å². The standard InChI is InChI=1S/C28H32N2O5S/c1-35-21-6-7-24-23(16-21)27(20(19-31)18-29-24)25(32)8-9-28(17-26(33)34)10-13-30(14-11-28)12-2-4-22-5-3-15-36-22/h3,5-7,15-16,18,25,31-32H,8-14,17,19H2,1H3,(H,33,34)/t25-/m1/s1. The number of hydrogen-bond acceptors (Lipinski definition) is 7. The maximum atomic E-state index is 11.8. The summed E-state index contributed by atoms with van der Waals surface area (Å²) in [5, 5.41) is 33.6. The van der Waals surface area contributed by atoms with Gasteiger partial charge in [-0.05, 0) is 79.4 Å². The SMILES string of the molecule is COc1ccc2ncc(CO)c([C@H](O)CCC3(CC(=O)O)CCN(CC#Cc4cccs4)CC3)c2c1. The van der Waals surface area contributed by atoms with Crippen molar-refractivity contribution in [1.29, 1.82) is 0 Å². The Balaban J connectivity index is 1.47. The van der Waals surface area contributed by atoms with Crippen LogP contribution < -0.4 is 4.74 Å². The molecule has 36 heavy (non-hydrogen) atoms. The van der Waals surface area contributed by atoms with Crippen molar-refractivity contribution < 1.29 is 24.9 Å². The van der Waals surface area contributed by atoms with Gasteiger partial charge in [-0.3, -0.25) is 14.7 Å². The average molecular weight is 509 g/mol. The van der Waals surface area contributed by atoms with E-state index in [1.54, 1.807) is 24.6 Å². The summed E-state index contributed by atoms with van der Waals surface area (Å²) in [6.07, 6.45) is 3.27. The van der Waals surface area contributed by atoms with E-state index in [9.17, 15) is 20.1 Å². The molecule has 2 aromatic heterocycles. The quantitative estimate of drug-likeness (QED) is 0.372. The van der Waals surface area contributed by atoms with Crippen LogP contribution in [0.25, 0.3) is 10.9 Å². The third-order valence-corrected chi connectivity index (χ3v) is 7.91. The second-order valence-electron chi connectivity index (χ2n) is 9.42. The Morgan fingerprint density at radius 2 is 2.11 bits per heavy atom. The van der Waals surface area contributed by atoms with Crippen LogP contribution in [0.5, 0.6) is 5.75 Å². The lowest BCUT2D eigenvalue weighted by molar-refractivity contribution is -0.141. The van der Waals surface area contributed by atoms with Crippen LogP contribution in [0.1, 0.15) is 54.2 Å². The molecule has 0 saturated carbocycles. The Kier molecular flexibility index (Phi) is 8.60. The van der Waals surface area contributed by atoms with Crippen molar-refractivity contribution in [1.82, 2.24) is 9.88 Å². The summed E-state index contributed by atoms with van der Waals surface area (Å²) >= 11 is 1.62. The lowest BCUT2D eigenvalue weighted by Crippen LogP contribution is -2.41. The van der Waals surface area contributed by atoms with E-state index in [0.29, 0.717) is 41.8 Å². The summed E-state index contributed by atoms with van der Waals surface area (Å²) in [6, 6.07) is 9.45. The molecular weight excluding hydrogens is 476 g/mol. The van der Waals surface area contributed by atoms with Gasteiger partial charge in [0, 0.05) is 17.1 Å². The van der Waals surface area contributed by atoms with Crippen LogP contribution in [0, 0.1) is 17.3 Å². The van der Waals surface area contributed by atoms with Gasteiger partial charge in [0.1, 0.15) is 5.75 Å². The first-order valence-corrected chi connectivity index (χ1v) is 13.0. The van der Waals surface area contributed by atoms with Crippen molar-refractivity contribution in [3.8, 4) is 17.6 Å². The summed E-state index contributed by atoms with van der Waals surface area (Å²) in [7, 11) is 1.58. The van der Waals surface area contributed by atoms with Crippen molar-refractivity contribution in [2.45, 2.75) is 44.8 Å². The number of aliphatic hydroxyl groups is 2. The molecule has 0 bridgehead atoms. The number of carbonyl (C=O) groups is 1. The fraction of sp³-hybridized carbons (Fsp3) is 0.429. The molecule has 7 nitrogen and oxygen atoms in total. The maximum absolute atomic E-state index is 11.8. The number of hydrogen-bond donors (Lipinski definition) is 3. The molecule has 0 radical (unpaired) electrons. The highest BCUT2D eigenvalue weighted by atomic mass is 32.1. The van der Waals surface area contributed by atoms with E-state index >= 15 is 0 Å². The highest BCUT2D eigenvalue weighted by Crippen LogP contribution is 2.42. The summed E-state index contributed by atoms with van der Waals surface area (Å²) in [5.74, 6) is 6.24. The lowest BCUT2D eigenvalue weighted by atomic mass is 9.71. The third kappa shape index (κ3) is 6.23. The zero-order valence-corrected chi connectivity index (χ0v) is 21.3. The summed E-state index contributed by atoms with van der Waals surface area (Å²) in [6.45, 7) is 1.97. The fourth-order valence-electron chi connectivity index (χ4n) is 5.08. The maximum Gasteiger partial charge on any atom is 0.303 e. The number of nitrogens with zero attached hydrogens (tertiary/aromatic N) is 2. The molecule has 0 aliphatic carbocycles. The molecule has 190 valence electrons. The fourth-order valence-corrected chi connectivity index (χ4v) is 5.67. The third-order valence-electron chi connectivity index (χ3n) is 7.13. The van der Waals surface area contributed by atoms with Gasteiger partial charge in [-0.2, -0.15) is 0 Å². The number of aliphatic carboxylic acids is 1. The van der Waals surface area contributed by atoms with Crippen molar-refractivity contribution >= 4 is 28.2 Å². The van der Waals surface area contributed by atoms with Gasteiger partial charge in [0.15, 0.2) is 0 Å². The summed E-state index contributed by atoms with van der Waals surface area (Å²) < 4.78 is 5.35. The van der Waals surface area contributed by atoms with E-state index in [-0.39, 0.29) is 18.4 Å². The van der Waals surface area contributed by atoms with Gasteiger partial charge >= 0.3 is 5.97 Å². The van der Waals surface area contributed by atoms with E-state index in [2.05, 4.69) is 21.7 Å². The number of carboxylic acid groups (broad SMARTS) is 1. The molecule has 1 aliphatic heterocycles. The first kappa shape index (κ1) is 26.1. The minimum absolute atomic E-state index is 0.0756. The Hall–Kier alpha value is -2.96. The number of piperidine rings is 1. The lowest BCUT2D eigenvalue weighted by Gasteiger charge is -2.41. The number of thiophene rings is 1. The molecule has 1 aliphatic rings. The molecule has 8 heteroatoms. The molecule has 4 rings (SSSR count). The first-order chi connectivity index (χ1) is 17.4. The van der Waals surface area contributed by atoms with Gasteiger partial charge in [0.2, 0.25) is 0 Å². The second kappa shape index (κ2) is 11.8. The predicted octanol–water partition coefficient (Wildman–Crippen LogP) is 4.22. The van der Waals surface area contributed by atoms with Gasteiger partial charge in [-0.1, -0.05) is 17.9 Å². The van der Waals surface area contributed by atoms with E-state index in [1.807, 2.05) is 35.7 Å². The van der Waals surface area contributed by atoms with E-state index in [0.717, 1.165) is 36.2 Å². The molecule has 0 amide bonds. The molecule has 1 fully saturated rings. The molecular formula is C28H32N2O5S. The normalized spacial score (nSPS) is 16.3. The minimum Gasteiger partial charge on any atom is -0.497 e. The summed E-state index contributed by atoms with van der Waals surface area (Å²) in [4.78, 5) is 19.5. The van der Waals surface area contributed by atoms with Crippen molar-refractivity contribution in [2.24, 2.45) is 5.41 Å². The number of ether oxygens (including phenoxy) is 1. The molecule has 1 aromatic carbocycles. The highest BCUT2D eigenvalue weighted by Gasteiger charge is 2.37. The number of aromatic nitrogens is 1. The van der Waals surface area contributed by atoms with Crippen molar-refractivity contribution in [2.75, 3.05) is 26.7 Å². The van der Waals surface area contributed by atoms with Gasteiger partial charge in [-0.25, -0.2) is 0 Å². The van der Waals surface area contributed by atoms with Crippen LogP contribution in [0.4, 0.5) is 0 Å². The number of benzene rings is 1. The Morgan fingerprint density at radius 1 is 1.31 bits per heavy atom. The monoisotopic (exact) mass is 508 g/mol. The van der Waals surface area contributed by atoms with Gasteiger partial charge < -0.3 is 20.1 Å². The minimum atomic E-state index is -0.856. The largest absolute Gasteiger partial charge is 0.497 e. The van der Waals surface area contributed by atoms with Gasteiger partial charge in [-0.15, -0.1) is 11.3 Å². The molecule has 0 unspecified atom stereocenters.